The molecule has 0 fully saturated rings. The number of halogens is 1. The fraction of sp³-hybridized carbons (Fsp3) is 0.333. The molecule has 0 bridgehead atoms. The monoisotopic (exact) mass is 199 g/mol. The molecular formula is C9H10ClNO2. The third kappa shape index (κ3) is 1.98. The maximum Gasteiger partial charge on any atom is 0.288 e. The van der Waals surface area contributed by atoms with Crippen LogP contribution >= 0.6 is 11.6 Å². The summed E-state index contributed by atoms with van der Waals surface area (Å²) in [5.74, 6) is 0.201. The molecule has 0 saturated heterocycles. The summed E-state index contributed by atoms with van der Waals surface area (Å²) >= 11 is 5.86. The van der Waals surface area contributed by atoms with Crippen LogP contribution in [0.4, 0.5) is 5.69 Å². The van der Waals surface area contributed by atoms with Crippen molar-refractivity contribution in [2.24, 2.45) is 0 Å². The van der Waals surface area contributed by atoms with Gasteiger partial charge in [-0.05, 0) is 11.5 Å². The third-order valence-corrected chi connectivity index (χ3v) is 2.24. The van der Waals surface area contributed by atoms with Gasteiger partial charge in [0.1, 0.15) is 5.02 Å². The molecule has 0 amide bonds. The van der Waals surface area contributed by atoms with Crippen molar-refractivity contribution in [3.8, 4) is 0 Å². The zero-order valence-corrected chi connectivity index (χ0v) is 8.21. The lowest BCUT2D eigenvalue weighted by Crippen LogP contribution is -1.94. The first-order valence-corrected chi connectivity index (χ1v) is 4.34. The number of hydrogen-bond donors (Lipinski definition) is 0. The Morgan fingerprint density at radius 1 is 1.46 bits per heavy atom. The molecule has 0 spiro atoms. The Bertz CT molecular complexity index is 336. The van der Waals surface area contributed by atoms with Crippen LogP contribution in [-0.2, 0) is 0 Å². The molecule has 1 aromatic rings. The lowest BCUT2D eigenvalue weighted by atomic mass is 10.0. The molecule has 1 aromatic carbocycles. The SMILES string of the molecule is CC(C)c1cccc([N+](=O)[O-])c1Cl. The van der Waals surface area contributed by atoms with Crippen molar-refractivity contribution in [1.82, 2.24) is 0 Å². The molecule has 0 aliphatic carbocycles. The first kappa shape index (κ1) is 9.99. The molecule has 0 heterocycles. The van der Waals surface area contributed by atoms with Crippen molar-refractivity contribution in [3.63, 3.8) is 0 Å². The van der Waals surface area contributed by atoms with Crippen molar-refractivity contribution in [2.75, 3.05) is 0 Å². The molecule has 0 atom stereocenters. The van der Waals surface area contributed by atoms with Gasteiger partial charge in [-0.2, -0.15) is 0 Å². The maximum atomic E-state index is 10.5. The van der Waals surface area contributed by atoms with E-state index in [2.05, 4.69) is 0 Å². The lowest BCUT2D eigenvalue weighted by molar-refractivity contribution is -0.384. The fourth-order valence-electron chi connectivity index (χ4n) is 1.12. The van der Waals surface area contributed by atoms with E-state index in [-0.39, 0.29) is 16.6 Å². The predicted molar refractivity (Wildman–Crippen MR) is 52.2 cm³/mol. The van der Waals surface area contributed by atoms with Crippen LogP contribution in [0.25, 0.3) is 0 Å². The predicted octanol–water partition coefficient (Wildman–Crippen LogP) is 3.37. The summed E-state index contributed by atoms with van der Waals surface area (Å²) in [6.07, 6.45) is 0. The van der Waals surface area contributed by atoms with Gasteiger partial charge < -0.3 is 0 Å². The Hall–Kier alpha value is -1.09. The molecule has 0 aliphatic heterocycles. The van der Waals surface area contributed by atoms with Gasteiger partial charge in [-0.1, -0.05) is 37.6 Å². The highest BCUT2D eigenvalue weighted by molar-refractivity contribution is 6.33. The van der Waals surface area contributed by atoms with E-state index in [1.807, 2.05) is 13.8 Å². The molecular weight excluding hydrogens is 190 g/mol. The average Bonchev–Trinajstić information content (AvgIpc) is 2.03. The van der Waals surface area contributed by atoms with Gasteiger partial charge in [0, 0.05) is 6.07 Å². The highest BCUT2D eigenvalue weighted by Crippen LogP contribution is 2.31. The van der Waals surface area contributed by atoms with E-state index >= 15 is 0 Å². The Morgan fingerprint density at radius 2 is 2.08 bits per heavy atom. The molecule has 4 heteroatoms. The van der Waals surface area contributed by atoms with Gasteiger partial charge in [0.15, 0.2) is 0 Å². The van der Waals surface area contributed by atoms with E-state index in [1.165, 1.54) is 6.07 Å². The minimum Gasteiger partial charge on any atom is -0.258 e. The summed E-state index contributed by atoms with van der Waals surface area (Å²) < 4.78 is 0. The standard InChI is InChI=1S/C9H10ClNO2/c1-6(2)7-4-3-5-8(9(7)10)11(12)13/h3-6H,1-2H3. The summed E-state index contributed by atoms with van der Waals surface area (Å²) in [6, 6.07) is 4.87. The molecule has 0 N–H and O–H groups in total. The van der Waals surface area contributed by atoms with Gasteiger partial charge in [-0.3, -0.25) is 10.1 Å². The van der Waals surface area contributed by atoms with Crippen LogP contribution in [0.3, 0.4) is 0 Å². The van der Waals surface area contributed by atoms with Gasteiger partial charge in [0.05, 0.1) is 4.92 Å². The van der Waals surface area contributed by atoms with Crippen LogP contribution in [0.2, 0.25) is 5.02 Å². The molecule has 0 aromatic heterocycles. The van der Waals surface area contributed by atoms with Gasteiger partial charge in [0.2, 0.25) is 0 Å². The maximum absolute atomic E-state index is 10.5. The minimum absolute atomic E-state index is 0.0205. The van der Waals surface area contributed by atoms with Crippen LogP contribution < -0.4 is 0 Å². The van der Waals surface area contributed by atoms with Gasteiger partial charge in [-0.15, -0.1) is 0 Å². The molecule has 0 saturated carbocycles. The normalized spacial score (nSPS) is 10.5. The molecule has 13 heavy (non-hydrogen) atoms. The van der Waals surface area contributed by atoms with E-state index in [9.17, 15) is 10.1 Å². The Labute approximate surface area is 81.5 Å². The van der Waals surface area contributed by atoms with E-state index in [0.717, 1.165) is 5.56 Å². The minimum atomic E-state index is -0.464. The molecule has 3 nitrogen and oxygen atoms in total. The summed E-state index contributed by atoms with van der Waals surface area (Å²) in [5.41, 5.74) is 0.795. The van der Waals surface area contributed by atoms with Crippen molar-refractivity contribution in [3.05, 3.63) is 38.9 Å². The topological polar surface area (TPSA) is 43.1 Å². The second-order valence-electron chi connectivity index (χ2n) is 3.09. The molecule has 70 valence electrons. The van der Waals surface area contributed by atoms with Crippen LogP contribution in [0.5, 0.6) is 0 Å². The molecule has 0 unspecified atom stereocenters. The Balaban J connectivity index is 3.26. The van der Waals surface area contributed by atoms with Gasteiger partial charge in [0.25, 0.3) is 5.69 Å². The first-order chi connectivity index (χ1) is 6.04. The highest BCUT2D eigenvalue weighted by Gasteiger charge is 2.16. The first-order valence-electron chi connectivity index (χ1n) is 3.97. The fourth-order valence-corrected chi connectivity index (χ4v) is 1.54. The van der Waals surface area contributed by atoms with Gasteiger partial charge >= 0.3 is 0 Å². The summed E-state index contributed by atoms with van der Waals surface area (Å²) in [5, 5.41) is 10.8. The largest absolute Gasteiger partial charge is 0.288 e. The number of benzene rings is 1. The third-order valence-electron chi connectivity index (χ3n) is 1.83. The van der Waals surface area contributed by atoms with Gasteiger partial charge in [-0.25, -0.2) is 0 Å². The highest BCUT2D eigenvalue weighted by atomic mass is 35.5. The molecule has 0 radical (unpaired) electrons. The number of nitro groups is 1. The smallest absolute Gasteiger partial charge is 0.258 e. The second kappa shape index (κ2) is 3.75. The number of nitro benzene ring substituents is 1. The quantitative estimate of drug-likeness (QED) is 0.541. The lowest BCUT2D eigenvalue weighted by Gasteiger charge is -2.06. The van der Waals surface area contributed by atoms with E-state index < -0.39 is 4.92 Å². The number of hydrogen-bond acceptors (Lipinski definition) is 2. The van der Waals surface area contributed by atoms with Crippen LogP contribution in [0.1, 0.15) is 25.3 Å². The van der Waals surface area contributed by atoms with Crippen molar-refractivity contribution in [1.29, 1.82) is 0 Å². The zero-order chi connectivity index (χ0) is 10.0. The van der Waals surface area contributed by atoms with Crippen LogP contribution in [0.15, 0.2) is 18.2 Å². The summed E-state index contributed by atoms with van der Waals surface area (Å²) in [6.45, 7) is 3.90. The molecule has 1 rings (SSSR count). The number of rotatable bonds is 2. The Morgan fingerprint density at radius 3 is 2.54 bits per heavy atom. The zero-order valence-electron chi connectivity index (χ0n) is 7.45. The Kier molecular flexibility index (Phi) is 2.88. The second-order valence-corrected chi connectivity index (χ2v) is 3.47. The van der Waals surface area contributed by atoms with Crippen LogP contribution in [-0.4, -0.2) is 4.92 Å². The van der Waals surface area contributed by atoms with E-state index in [1.54, 1.807) is 12.1 Å². The van der Waals surface area contributed by atoms with E-state index in [0.29, 0.717) is 0 Å². The molecule has 0 aliphatic rings. The summed E-state index contributed by atoms with van der Waals surface area (Å²) in [4.78, 5) is 10.1. The van der Waals surface area contributed by atoms with Crippen molar-refractivity contribution in [2.45, 2.75) is 19.8 Å². The van der Waals surface area contributed by atoms with Crippen molar-refractivity contribution < 1.29 is 4.92 Å². The summed E-state index contributed by atoms with van der Waals surface area (Å²) in [7, 11) is 0. The van der Waals surface area contributed by atoms with E-state index in [4.69, 9.17) is 11.6 Å². The van der Waals surface area contributed by atoms with Crippen LogP contribution in [0, 0.1) is 10.1 Å². The average molecular weight is 200 g/mol. The van der Waals surface area contributed by atoms with Crippen molar-refractivity contribution >= 4 is 17.3 Å². The number of nitrogens with zero attached hydrogens (tertiary/aromatic N) is 1.